The van der Waals surface area contributed by atoms with Gasteiger partial charge in [-0.25, -0.2) is 0 Å². The molecular weight excluding hydrogens is 221 g/mol. The minimum absolute atomic E-state index is 0.0407. The zero-order chi connectivity index (χ0) is 12.2. The lowest BCUT2D eigenvalue weighted by atomic mass is 10.1. The molecule has 0 amide bonds. The Morgan fingerprint density at radius 2 is 2.00 bits per heavy atom. The average molecular weight is 232 g/mol. The SMILES string of the molecule is CCCC(=O)Cc1ccc(C(F)(F)F)nn1. The van der Waals surface area contributed by atoms with Crippen LogP contribution in [0.1, 0.15) is 31.2 Å². The summed E-state index contributed by atoms with van der Waals surface area (Å²) in [5.74, 6) is -0.0449. The number of Topliss-reactive ketones (excluding diaryl/α,β-unsaturated/α-hetero) is 1. The van der Waals surface area contributed by atoms with Crippen LogP contribution in [0.2, 0.25) is 0 Å². The van der Waals surface area contributed by atoms with Crippen LogP contribution in [0.4, 0.5) is 13.2 Å². The zero-order valence-corrected chi connectivity index (χ0v) is 8.71. The number of carbonyl (C=O) groups is 1. The fourth-order valence-corrected chi connectivity index (χ4v) is 1.17. The number of ketones is 1. The Labute approximate surface area is 90.7 Å². The van der Waals surface area contributed by atoms with Crippen LogP contribution in [-0.4, -0.2) is 16.0 Å². The lowest BCUT2D eigenvalue weighted by Crippen LogP contribution is -2.11. The monoisotopic (exact) mass is 232 g/mol. The summed E-state index contributed by atoms with van der Waals surface area (Å²) in [7, 11) is 0. The zero-order valence-electron chi connectivity index (χ0n) is 8.71. The third-order valence-electron chi connectivity index (χ3n) is 1.92. The summed E-state index contributed by atoms with van der Waals surface area (Å²) in [6, 6.07) is 2.02. The molecule has 0 aliphatic rings. The van der Waals surface area contributed by atoms with Crippen LogP contribution in [0, 0.1) is 0 Å². The second-order valence-electron chi connectivity index (χ2n) is 3.37. The van der Waals surface area contributed by atoms with Crippen LogP contribution in [-0.2, 0) is 17.4 Å². The average Bonchev–Trinajstić information content (AvgIpc) is 2.17. The van der Waals surface area contributed by atoms with Crippen molar-refractivity contribution in [1.82, 2.24) is 10.2 Å². The summed E-state index contributed by atoms with van der Waals surface area (Å²) in [4.78, 5) is 11.2. The van der Waals surface area contributed by atoms with E-state index >= 15 is 0 Å². The standard InChI is InChI=1S/C10H11F3N2O/c1-2-3-8(16)6-7-4-5-9(15-14-7)10(11,12)13/h4-5H,2-3,6H2,1H3. The van der Waals surface area contributed by atoms with Gasteiger partial charge < -0.3 is 0 Å². The Bertz CT molecular complexity index is 359. The van der Waals surface area contributed by atoms with Crippen molar-refractivity contribution in [2.24, 2.45) is 0 Å². The normalized spacial score (nSPS) is 11.5. The van der Waals surface area contributed by atoms with Gasteiger partial charge in [-0.3, -0.25) is 4.79 Å². The number of halogens is 3. The van der Waals surface area contributed by atoms with Crippen LogP contribution in [0.5, 0.6) is 0 Å². The van der Waals surface area contributed by atoms with Gasteiger partial charge in [-0.05, 0) is 18.6 Å². The van der Waals surface area contributed by atoms with Crippen molar-refractivity contribution in [3.05, 3.63) is 23.5 Å². The van der Waals surface area contributed by atoms with Crippen LogP contribution in [0.25, 0.3) is 0 Å². The molecule has 88 valence electrons. The lowest BCUT2D eigenvalue weighted by molar-refractivity contribution is -0.141. The van der Waals surface area contributed by atoms with E-state index in [0.29, 0.717) is 12.8 Å². The topological polar surface area (TPSA) is 42.9 Å². The summed E-state index contributed by atoms with van der Waals surface area (Å²) < 4.78 is 36.4. The molecular formula is C10H11F3N2O. The van der Waals surface area contributed by atoms with Gasteiger partial charge in [0.25, 0.3) is 0 Å². The molecule has 0 saturated heterocycles. The lowest BCUT2D eigenvalue weighted by Gasteiger charge is -2.04. The number of alkyl halides is 3. The first-order valence-corrected chi connectivity index (χ1v) is 4.85. The first kappa shape index (κ1) is 12.6. The molecule has 0 aliphatic carbocycles. The number of carbonyl (C=O) groups excluding carboxylic acids is 1. The number of rotatable bonds is 4. The maximum absolute atomic E-state index is 12.1. The van der Waals surface area contributed by atoms with Gasteiger partial charge in [0.05, 0.1) is 12.1 Å². The summed E-state index contributed by atoms with van der Waals surface area (Å²) in [6.07, 6.45) is -3.33. The number of nitrogens with zero attached hydrogens (tertiary/aromatic N) is 2. The van der Waals surface area contributed by atoms with Gasteiger partial charge >= 0.3 is 6.18 Å². The van der Waals surface area contributed by atoms with E-state index in [1.807, 2.05) is 6.92 Å². The minimum Gasteiger partial charge on any atom is -0.299 e. The van der Waals surface area contributed by atoms with Crippen molar-refractivity contribution in [1.29, 1.82) is 0 Å². The molecule has 3 nitrogen and oxygen atoms in total. The number of hydrogen-bond donors (Lipinski definition) is 0. The van der Waals surface area contributed by atoms with Crippen molar-refractivity contribution in [3.63, 3.8) is 0 Å². The highest BCUT2D eigenvalue weighted by Crippen LogP contribution is 2.26. The molecule has 6 heteroatoms. The quantitative estimate of drug-likeness (QED) is 0.800. The Balaban J connectivity index is 2.69. The predicted molar refractivity (Wildman–Crippen MR) is 50.7 cm³/mol. The van der Waals surface area contributed by atoms with Gasteiger partial charge in [0, 0.05) is 6.42 Å². The summed E-state index contributed by atoms with van der Waals surface area (Å²) in [5, 5.41) is 6.41. The van der Waals surface area contributed by atoms with Gasteiger partial charge in [0.2, 0.25) is 0 Å². The Hall–Kier alpha value is -1.46. The number of hydrogen-bond acceptors (Lipinski definition) is 3. The molecule has 1 aromatic heterocycles. The third-order valence-corrected chi connectivity index (χ3v) is 1.92. The first-order valence-electron chi connectivity index (χ1n) is 4.85. The molecule has 0 fully saturated rings. The summed E-state index contributed by atoms with van der Waals surface area (Å²) in [6.45, 7) is 1.86. The molecule has 0 aromatic carbocycles. The van der Waals surface area contributed by atoms with E-state index < -0.39 is 11.9 Å². The van der Waals surface area contributed by atoms with Crippen molar-refractivity contribution >= 4 is 5.78 Å². The van der Waals surface area contributed by atoms with Crippen molar-refractivity contribution in [3.8, 4) is 0 Å². The first-order chi connectivity index (χ1) is 7.43. The van der Waals surface area contributed by atoms with E-state index in [4.69, 9.17) is 0 Å². The minimum atomic E-state index is -4.49. The molecule has 0 N–H and O–H groups in total. The largest absolute Gasteiger partial charge is 0.435 e. The molecule has 0 radical (unpaired) electrons. The summed E-state index contributed by atoms with van der Waals surface area (Å²) in [5.41, 5.74) is -0.773. The number of aromatic nitrogens is 2. The highest BCUT2D eigenvalue weighted by Gasteiger charge is 2.32. The van der Waals surface area contributed by atoms with Gasteiger partial charge in [0.15, 0.2) is 5.69 Å². The molecule has 0 spiro atoms. The van der Waals surface area contributed by atoms with Gasteiger partial charge in [-0.15, -0.1) is 5.10 Å². The highest BCUT2D eigenvalue weighted by atomic mass is 19.4. The molecule has 1 heterocycles. The molecule has 1 rings (SSSR count). The van der Waals surface area contributed by atoms with Crippen molar-refractivity contribution < 1.29 is 18.0 Å². The molecule has 0 aliphatic heterocycles. The fourth-order valence-electron chi connectivity index (χ4n) is 1.17. The Kier molecular flexibility index (Phi) is 3.98. The van der Waals surface area contributed by atoms with Gasteiger partial charge in [-0.2, -0.15) is 18.3 Å². The Morgan fingerprint density at radius 3 is 2.44 bits per heavy atom. The maximum Gasteiger partial charge on any atom is 0.435 e. The second-order valence-corrected chi connectivity index (χ2v) is 3.37. The Morgan fingerprint density at radius 1 is 1.31 bits per heavy atom. The highest BCUT2D eigenvalue weighted by molar-refractivity contribution is 5.80. The second kappa shape index (κ2) is 5.05. The van der Waals surface area contributed by atoms with Crippen LogP contribution in [0.15, 0.2) is 12.1 Å². The van der Waals surface area contributed by atoms with E-state index in [1.54, 1.807) is 0 Å². The van der Waals surface area contributed by atoms with Gasteiger partial charge in [0.1, 0.15) is 5.78 Å². The summed E-state index contributed by atoms with van der Waals surface area (Å²) >= 11 is 0. The molecule has 0 saturated carbocycles. The third kappa shape index (κ3) is 3.60. The van der Waals surface area contributed by atoms with E-state index in [-0.39, 0.29) is 17.9 Å². The fraction of sp³-hybridized carbons (Fsp3) is 0.500. The van der Waals surface area contributed by atoms with Crippen molar-refractivity contribution in [2.75, 3.05) is 0 Å². The van der Waals surface area contributed by atoms with E-state index in [0.717, 1.165) is 6.07 Å². The molecule has 0 atom stereocenters. The maximum atomic E-state index is 12.1. The molecule has 0 bridgehead atoms. The van der Waals surface area contributed by atoms with Crippen LogP contribution >= 0.6 is 0 Å². The van der Waals surface area contributed by atoms with Crippen LogP contribution < -0.4 is 0 Å². The van der Waals surface area contributed by atoms with E-state index in [1.165, 1.54) is 6.07 Å². The van der Waals surface area contributed by atoms with Crippen LogP contribution in [0.3, 0.4) is 0 Å². The van der Waals surface area contributed by atoms with E-state index in [9.17, 15) is 18.0 Å². The van der Waals surface area contributed by atoms with E-state index in [2.05, 4.69) is 10.2 Å². The van der Waals surface area contributed by atoms with Gasteiger partial charge in [-0.1, -0.05) is 6.92 Å². The molecule has 16 heavy (non-hydrogen) atoms. The van der Waals surface area contributed by atoms with Crippen molar-refractivity contribution in [2.45, 2.75) is 32.4 Å². The molecule has 0 unspecified atom stereocenters. The predicted octanol–water partition coefficient (Wildman–Crippen LogP) is 2.41. The smallest absolute Gasteiger partial charge is 0.299 e. The molecule has 1 aromatic rings.